The van der Waals surface area contributed by atoms with Gasteiger partial charge in [0.1, 0.15) is 0 Å². The van der Waals surface area contributed by atoms with Gasteiger partial charge in [-0.05, 0) is 30.5 Å². The number of benzene rings is 1. The number of carboxylic acid groups (broad SMARTS) is 1. The zero-order valence-corrected chi connectivity index (χ0v) is 12.0. The van der Waals surface area contributed by atoms with E-state index in [0.29, 0.717) is 25.0 Å². The molecule has 0 radical (unpaired) electrons. The zero-order chi connectivity index (χ0) is 17.2. The van der Waals surface area contributed by atoms with Crippen LogP contribution in [0.1, 0.15) is 36.6 Å². The van der Waals surface area contributed by atoms with Gasteiger partial charge in [0, 0.05) is 12.6 Å². The number of likely N-dealkylation sites (tertiary alicyclic amines) is 1. The number of carbonyl (C=O) groups is 2. The summed E-state index contributed by atoms with van der Waals surface area (Å²) in [6, 6.07) is 2.70. The minimum Gasteiger partial charge on any atom is -0.481 e. The third kappa shape index (κ3) is 4.00. The highest BCUT2D eigenvalue weighted by Gasteiger charge is 2.35. The monoisotopic (exact) mass is 333 g/mol. The molecule has 0 aliphatic carbocycles. The van der Waals surface area contributed by atoms with Crippen LogP contribution >= 0.6 is 0 Å². The second-order valence-corrected chi connectivity index (χ2v) is 5.41. The quantitative estimate of drug-likeness (QED) is 0.861. The van der Waals surface area contributed by atoms with Gasteiger partial charge in [0.05, 0.1) is 12.0 Å². The first kappa shape index (κ1) is 17.2. The second-order valence-electron chi connectivity index (χ2n) is 5.41. The highest BCUT2D eigenvalue weighted by atomic mass is 19.4. The Labute approximate surface area is 129 Å². The van der Waals surface area contributed by atoms with E-state index in [1.165, 1.54) is 0 Å². The summed E-state index contributed by atoms with van der Waals surface area (Å²) in [5, 5.41) is 8.80. The van der Waals surface area contributed by atoms with Gasteiger partial charge in [-0.1, -0.05) is 12.1 Å². The van der Waals surface area contributed by atoms with Crippen molar-refractivity contribution in [3.05, 3.63) is 35.4 Å². The minimum absolute atomic E-state index is 0.177. The second kappa shape index (κ2) is 6.55. The van der Waals surface area contributed by atoms with Gasteiger partial charge >= 0.3 is 12.1 Å². The summed E-state index contributed by atoms with van der Waals surface area (Å²) in [7, 11) is 0. The topological polar surface area (TPSA) is 57.6 Å². The Morgan fingerprint density at radius 1 is 1.26 bits per heavy atom. The smallest absolute Gasteiger partial charge is 0.416 e. The van der Waals surface area contributed by atoms with Crippen molar-refractivity contribution in [2.75, 3.05) is 6.54 Å². The summed E-state index contributed by atoms with van der Waals surface area (Å²) < 4.78 is 51.7. The lowest BCUT2D eigenvalue weighted by molar-refractivity contribution is -0.142. The third-order valence-electron chi connectivity index (χ3n) is 3.82. The van der Waals surface area contributed by atoms with Gasteiger partial charge in [-0.2, -0.15) is 13.2 Å². The number of hydrogen-bond donors (Lipinski definition) is 1. The van der Waals surface area contributed by atoms with E-state index < -0.39 is 35.8 Å². The molecule has 1 heterocycles. The molecule has 0 saturated carbocycles. The van der Waals surface area contributed by atoms with Crippen LogP contribution in [0.15, 0.2) is 24.3 Å². The SMILES string of the molecule is O=C(O)CC1CCCN1C(=O)C(F)c1ccc(C(F)(F)F)cc1. The molecule has 1 N–H and O–H groups in total. The lowest BCUT2D eigenvalue weighted by Crippen LogP contribution is -2.39. The molecule has 23 heavy (non-hydrogen) atoms. The molecule has 1 aromatic carbocycles. The molecule has 1 aromatic rings. The third-order valence-corrected chi connectivity index (χ3v) is 3.82. The van der Waals surface area contributed by atoms with Gasteiger partial charge in [-0.25, -0.2) is 4.39 Å². The van der Waals surface area contributed by atoms with E-state index in [0.717, 1.165) is 17.0 Å². The average molecular weight is 333 g/mol. The molecule has 1 aliphatic heterocycles. The van der Waals surface area contributed by atoms with Crippen LogP contribution in [0.4, 0.5) is 17.6 Å². The molecule has 1 fully saturated rings. The van der Waals surface area contributed by atoms with Crippen molar-refractivity contribution < 1.29 is 32.3 Å². The lowest BCUT2D eigenvalue weighted by atomic mass is 10.1. The van der Waals surface area contributed by atoms with Crippen LogP contribution in [-0.2, 0) is 15.8 Å². The Morgan fingerprint density at radius 3 is 2.39 bits per heavy atom. The van der Waals surface area contributed by atoms with E-state index in [1.54, 1.807) is 0 Å². The first-order valence-electron chi connectivity index (χ1n) is 7.03. The summed E-state index contributed by atoms with van der Waals surface area (Å²) >= 11 is 0. The van der Waals surface area contributed by atoms with Crippen LogP contribution in [-0.4, -0.2) is 34.5 Å². The van der Waals surface area contributed by atoms with Crippen LogP contribution in [0.2, 0.25) is 0 Å². The van der Waals surface area contributed by atoms with Crippen molar-refractivity contribution in [2.45, 2.75) is 37.7 Å². The van der Waals surface area contributed by atoms with Gasteiger partial charge in [0.2, 0.25) is 6.17 Å². The standard InChI is InChI=1S/C15H15F4NO3/c16-13(9-3-5-10(6-4-9)15(17,18)19)14(23)20-7-1-2-11(20)8-12(21)22/h3-6,11,13H,1-2,7-8H2,(H,21,22). The molecule has 126 valence electrons. The molecular weight excluding hydrogens is 318 g/mol. The number of aliphatic carboxylic acids is 1. The molecule has 0 spiro atoms. The Kier molecular flexibility index (Phi) is 4.91. The number of amides is 1. The van der Waals surface area contributed by atoms with E-state index in [4.69, 9.17) is 5.11 Å². The number of nitrogens with zero attached hydrogens (tertiary/aromatic N) is 1. The molecule has 2 unspecified atom stereocenters. The fraction of sp³-hybridized carbons (Fsp3) is 0.467. The van der Waals surface area contributed by atoms with E-state index >= 15 is 0 Å². The summed E-state index contributed by atoms with van der Waals surface area (Å²) in [5.74, 6) is -1.99. The van der Waals surface area contributed by atoms with Crippen LogP contribution < -0.4 is 0 Å². The number of carboxylic acids is 1. The normalized spacial score (nSPS) is 19.7. The van der Waals surface area contributed by atoms with Crippen LogP contribution in [0.5, 0.6) is 0 Å². The molecule has 2 rings (SSSR count). The molecule has 1 amide bonds. The highest BCUT2D eigenvalue weighted by Crippen LogP contribution is 2.32. The van der Waals surface area contributed by atoms with Crippen molar-refractivity contribution >= 4 is 11.9 Å². The highest BCUT2D eigenvalue weighted by molar-refractivity contribution is 5.83. The molecule has 4 nitrogen and oxygen atoms in total. The lowest BCUT2D eigenvalue weighted by Gasteiger charge is -2.25. The number of rotatable bonds is 4. The van der Waals surface area contributed by atoms with Gasteiger partial charge in [0.25, 0.3) is 5.91 Å². The fourth-order valence-corrected chi connectivity index (χ4v) is 2.67. The Morgan fingerprint density at radius 2 is 1.87 bits per heavy atom. The van der Waals surface area contributed by atoms with E-state index in [2.05, 4.69) is 0 Å². The Balaban J connectivity index is 2.11. The Hall–Kier alpha value is -2.12. The van der Waals surface area contributed by atoms with E-state index in [9.17, 15) is 27.2 Å². The first-order valence-corrected chi connectivity index (χ1v) is 7.03. The number of hydrogen-bond acceptors (Lipinski definition) is 2. The van der Waals surface area contributed by atoms with Crippen molar-refractivity contribution in [1.82, 2.24) is 4.90 Å². The molecule has 8 heteroatoms. The number of halogens is 4. The van der Waals surface area contributed by atoms with Crippen LogP contribution in [0, 0.1) is 0 Å². The van der Waals surface area contributed by atoms with Crippen molar-refractivity contribution in [3.8, 4) is 0 Å². The maximum atomic E-state index is 14.3. The number of alkyl halides is 4. The van der Waals surface area contributed by atoms with Crippen molar-refractivity contribution in [1.29, 1.82) is 0 Å². The summed E-state index contributed by atoms with van der Waals surface area (Å²) in [5.41, 5.74) is -1.10. The molecule has 0 aromatic heterocycles. The van der Waals surface area contributed by atoms with E-state index in [1.807, 2.05) is 0 Å². The predicted octanol–water partition coefficient (Wildman–Crippen LogP) is 3.18. The van der Waals surface area contributed by atoms with Gasteiger partial charge in [-0.3, -0.25) is 9.59 Å². The van der Waals surface area contributed by atoms with Gasteiger partial charge in [0.15, 0.2) is 0 Å². The van der Waals surface area contributed by atoms with Gasteiger partial charge < -0.3 is 10.0 Å². The Bertz CT molecular complexity index is 585. The van der Waals surface area contributed by atoms with Crippen molar-refractivity contribution in [3.63, 3.8) is 0 Å². The molecule has 2 atom stereocenters. The fourth-order valence-electron chi connectivity index (χ4n) is 2.67. The number of carbonyl (C=O) groups excluding carboxylic acids is 1. The summed E-state index contributed by atoms with van der Waals surface area (Å²) in [6.07, 6.45) is -5.87. The van der Waals surface area contributed by atoms with E-state index in [-0.39, 0.29) is 18.5 Å². The average Bonchev–Trinajstić information content (AvgIpc) is 2.92. The first-order chi connectivity index (χ1) is 10.7. The molecular formula is C15H15F4NO3. The van der Waals surface area contributed by atoms with Crippen LogP contribution in [0.3, 0.4) is 0 Å². The zero-order valence-electron chi connectivity index (χ0n) is 12.0. The summed E-state index contributed by atoms with van der Waals surface area (Å²) in [4.78, 5) is 24.1. The van der Waals surface area contributed by atoms with Gasteiger partial charge in [-0.15, -0.1) is 0 Å². The summed E-state index contributed by atoms with van der Waals surface area (Å²) in [6.45, 7) is 0.248. The predicted molar refractivity (Wildman–Crippen MR) is 72.3 cm³/mol. The molecule has 0 bridgehead atoms. The maximum absolute atomic E-state index is 14.3. The molecule has 1 aliphatic rings. The largest absolute Gasteiger partial charge is 0.481 e. The van der Waals surface area contributed by atoms with Crippen molar-refractivity contribution in [2.24, 2.45) is 0 Å². The van der Waals surface area contributed by atoms with Crippen LogP contribution in [0.25, 0.3) is 0 Å². The minimum atomic E-state index is -4.53. The maximum Gasteiger partial charge on any atom is 0.416 e. The molecule has 1 saturated heterocycles.